The lowest BCUT2D eigenvalue weighted by Crippen LogP contribution is -2.47. The van der Waals surface area contributed by atoms with Gasteiger partial charge < -0.3 is 20.9 Å². The summed E-state index contributed by atoms with van der Waals surface area (Å²) in [5, 5.41) is 9.47. The van der Waals surface area contributed by atoms with Gasteiger partial charge in [0.05, 0.1) is 6.54 Å². The maximum absolute atomic E-state index is 12.1. The molecule has 3 rings (SSSR count). The second kappa shape index (κ2) is 12.3. The van der Waals surface area contributed by atoms with Gasteiger partial charge in [-0.3, -0.25) is 9.79 Å². The molecule has 6 nitrogen and oxygen atoms in total. The van der Waals surface area contributed by atoms with Gasteiger partial charge in [0, 0.05) is 38.4 Å². The van der Waals surface area contributed by atoms with Gasteiger partial charge in [0.15, 0.2) is 5.96 Å². The molecule has 2 aromatic rings. The fraction of sp³-hybridized carbons (Fsp3) is 0.364. The van der Waals surface area contributed by atoms with Crippen LogP contribution in [-0.2, 0) is 11.2 Å². The molecule has 1 atom stereocenters. The molecule has 0 saturated carbocycles. The number of hydrogen-bond acceptors (Lipinski definition) is 3. The van der Waals surface area contributed by atoms with E-state index in [1.165, 1.54) is 11.3 Å². The van der Waals surface area contributed by atoms with Gasteiger partial charge in [-0.1, -0.05) is 48.5 Å². The average Bonchev–Trinajstić information content (AvgIpc) is 3.21. The number of hydrogen-bond donors (Lipinski definition) is 3. The molecule has 156 valence electrons. The Hall–Kier alpha value is -2.29. The molecule has 0 spiro atoms. The summed E-state index contributed by atoms with van der Waals surface area (Å²) in [5.74, 6) is 0.634. The molecule has 0 aromatic heterocycles. The number of carbonyl (C=O) groups excluding carboxylic acids is 1. The molecule has 0 radical (unpaired) electrons. The van der Waals surface area contributed by atoms with Crippen molar-refractivity contribution in [2.75, 3.05) is 38.1 Å². The van der Waals surface area contributed by atoms with Crippen molar-refractivity contribution < 1.29 is 4.79 Å². The fourth-order valence-corrected chi connectivity index (χ4v) is 3.36. The number of benzene rings is 2. The number of nitrogens with one attached hydrogen (secondary N) is 3. The van der Waals surface area contributed by atoms with Gasteiger partial charge in [0.25, 0.3) is 0 Å². The SMILES string of the molecule is CN=C(NCC(=O)NCCc1ccccc1)NC1CCN(c2ccccc2)C1.I. The van der Waals surface area contributed by atoms with Crippen molar-refractivity contribution in [2.45, 2.75) is 18.9 Å². The largest absolute Gasteiger partial charge is 0.369 e. The van der Waals surface area contributed by atoms with Crippen LogP contribution in [0, 0.1) is 0 Å². The van der Waals surface area contributed by atoms with Crippen LogP contribution in [0.5, 0.6) is 0 Å². The highest BCUT2D eigenvalue weighted by molar-refractivity contribution is 14.0. The summed E-state index contributed by atoms with van der Waals surface area (Å²) in [4.78, 5) is 18.7. The van der Waals surface area contributed by atoms with Crippen molar-refractivity contribution in [1.29, 1.82) is 0 Å². The number of anilines is 1. The van der Waals surface area contributed by atoms with E-state index < -0.39 is 0 Å². The third-order valence-corrected chi connectivity index (χ3v) is 4.87. The first-order chi connectivity index (χ1) is 13.7. The maximum Gasteiger partial charge on any atom is 0.239 e. The first-order valence-electron chi connectivity index (χ1n) is 9.82. The van der Waals surface area contributed by atoms with E-state index in [0.29, 0.717) is 18.5 Å². The summed E-state index contributed by atoms with van der Waals surface area (Å²) in [6.07, 6.45) is 1.87. The van der Waals surface area contributed by atoms with E-state index in [4.69, 9.17) is 0 Å². The molecule has 1 fully saturated rings. The van der Waals surface area contributed by atoms with Crippen LogP contribution in [0.2, 0.25) is 0 Å². The van der Waals surface area contributed by atoms with Crippen LogP contribution in [0.3, 0.4) is 0 Å². The van der Waals surface area contributed by atoms with Crippen LogP contribution in [0.25, 0.3) is 0 Å². The predicted molar refractivity (Wildman–Crippen MR) is 130 cm³/mol. The van der Waals surface area contributed by atoms with Crippen LogP contribution < -0.4 is 20.9 Å². The smallest absolute Gasteiger partial charge is 0.239 e. The molecule has 1 heterocycles. The molecule has 1 amide bonds. The Kier molecular flexibility index (Phi) is 9.76. The number of halogens is 1. The minimum atomic E-state index is -0.0313. The van der Waals surface area contributed by atoms with Crippen LogP contribution >= 0.6 is 24.0 Å². The van der Waals surface area contributed by atoms with Gasteiger partial charge >= 0.3 is 0 Å². The molecule has 1 saturated heterocycles. The van der Waals surface area contributed by atoms with Gasteiger partial charge in [-0.05, 0) is 30.5 Å². The normalized spacial score (nSPS) is 16.1. The predicted octanol–water partition coefficient (Wildman–Crippen LogP) is 2.41. The second-order valence-electron chi connectivity index (χ2n) is 6.92. The zero-order chi connectivity index (χ0) is 19.6. The van der Waals surface area contributed by atoms with E-state index in [9.17, 15) is 4.79 Å². The molecule has 1 unspecified atom stereocenters. The van der Waals surface area contributed by atoms with Crippen molar-refractivity contribution >= 4 is 41.5 Å². The Morgan fingerprint density at radius 2 is 1.76 bits per heavy atom. The van der Waals surface area contributed by atoms with E-state index in [1.807, 2.05) is 24.3 Å². The molecule has 1 aliphatic heterocycles. The van der Waals surface area contributed by atoms with Crippen molar-refractivity contribution in [3.8, 4) is 0 Å². The number of guanidine groups is 1. The highest BCUT2D eigenvalue weighted by atomic mass is 127. The lowest BCUT2D eigenvalue weighted by Gasteiger charge is -2.20. The Morgan fingerprint density at radius 3 is 2.45 bits per heavy atom. The zero-order valence-electron chi connectivity index (χ0n) is 16.8. The summed E-state index contributed by atoms with van der Waals surface area (Å²) in [6.45, 7) is 2.78. The Balaban J connectivity index is 0.00000300. The lowest BCUT2D eigenvalue weighted by molar-refractivity contribution is -0.119. The molecule has 7 heteroatoms. The summed E-state index contributed by atoms with van der Waals surface area (Å²) in [7, 11) is 1.73. The number of aliphatic imine (C=N–C) groups is 1. The molecule has 0 bridgehead atoms. The Morgan fingerprint density at radius 1 is 1.07 bits per heavy atom. The van der Waals surface area contributed by atoms with Gasteiger partial charge in [0.1, 0.15) is 0 Å². The molecular formula is C22H30IN5O. The van der Waals surface area contributed by atoms with Crippen molar-refractivity contribution in [1.82, 2.24) is 16.0 Å². The highest BCUT2D eigenvalue weighted by Gasteiger charge is 2.23. The van der Waals surface area contributed by atoms with Gasteiger partial charge in [-0.15, -0.1) is 24.0 Å². The maximum atomic E-state index is 12.1. The third-order valence-electron chi connectivity index (χ3n) is 4.87. The van der Waals surface area contributed by atoms with Crippen LogP contribution in [-0.4, -0.2) is 51.1 Å². The number of rotatable bonds is 7. The molecule has 3 N–H and O–H groups in total. The quantitative estimate of drug-likeness (QED) is 0.306. The fourth-order valence-electron chi connectivity index (χ4n) is 3.36. The number of nitrogens with zero attached hydrogens (tertiary/aromatic N) is 2. The van der Waals surface area contributed by atoms with Crippen LogP contribution in [0.1, 0.15) is 12.0 Å². The van der Waals surface area contributed by atoms with Gasteiger partial charge in [-0.2, -0.15) is 0 Å². The minimum absolute atomic E-state index is 0. The third kappa shape index (κ3) is 7.56. The topological polar surface area (TPSA) is 68.8 Å². The van der Waals surface area contributed by atoms with Crippen molar-refractivity contribution in [2.24, 2.45) is 4.99 Å². The number of carbonyl (C=O) groups is 1. The molecule has 0 aliphatic carbocycles. The number of para-hydroxylation sites is 1. The van der Waals surface area contributed by atoms with Gasteiger partial charge in [0.2, 0.25) is 5.91 Å². The molecule has 1 aliphatic rings. The summed E-state index contributed by atoms with van der Waals surface area (Å²) in [6, 6.07) is 20.9. The molecule has 2 aromatic carbocycles. The van der Waals surface area contributed by atoms with Crippen molar-refractivity contribution in [3.05, 3.63) is 66.2 Å². The first-order valence-corrected chi connectivity index (χ1v) is 9.82. The highest BCUT2D eigenvalue weighted by Crippen LogP contribution is 2.19. The van der Waals surface area contributed by atoms with Crippen molar-refractivity contribution in [3.63, 3.8) is 0 Å². The summed E-state index contributed by atoms with van der Waals surface area (Å²) in [5.41, 5.74) is 2.46. The lowest BCUT2D eigenvalue weighted by atomic mass is 10.1. The second-order valence-corrected chi connectivity index (χ2v) is 6.92. The standard InChI is InChI=1S/C22H29N5O.HI/c1-23-22(25-16-21(28)24-14-12-18-8-4-2-5-9-18)26-19-13-15-27(17-19)20-10-6-3-7-11-20;/h2-11,19H,12-17H2,1H3,(H,24,28)(H2,23,25,26);1H. The van der Waals surface area contributed by atoms with E-state index in [-0.39, 0.29) is 36.4 Å². The molecular weight excluding hydrogens is 477 g/mol. The van der Waals surface area contributed by atoms with Crippen LogP contribution in [0.15, 0.2) is 65.7 Å². The summed E-state index contributed by atoms with van der Waals surface area (Å²) >= 11 is 0. The first kappa shape index (κ1) is 23.0. The number of amides is 1. The van der Waals surface area contributed by atoms with E-state index >= 15 is 0 Å². The minimum Gasteiger partial charge on any atom is -0.369 e. The van der Waals surface area contributed by atoms with E-state index in [0.717, 1.165) is 25.9 Å². The van der Waals surface area contributed by atoms with E-state index in [1.54, 1.807) is 7.05 Å². The van der Waals surface area contributed by atoms with E-state index in [2.05, 4.69) is 62.2 Å². The monoisotopic (exact) mass is 507 g/mol. The van der Waals surface area contributed by atoms with Gasteiger partial charge in [-0.25, -0.2) is 0 Å². The Labute approximate surface area is 190 Å². The molecule has 29 heavy (non-hydrogen) atoms. The average molecular weight is 507 g/mol. The summed E-state index contributed by atoms with van der Waals surface area (Å²) < 4.78 is 0. The Bertz CT molecular complexity index is 769. The zero-order valence-corrected chi connectivity index (χ0v) is 19.1. The van der Waals surface area contributed by atoms with Crippen LogP contribution in [0.4, 0.5) is 5.69 Å².